The average molecular weight is 258 g/mol. The lowest BCUT2D eigenvalue weighted by atomic mass is 10.1. The molecule has 1 aliphatic carbocycles. The Morgan fingerprint density at radius 2 is 2.26 bits per heavy atom. The molecule has 1 amide bonds. The van der Waals surface area contributed by atoms with E-state index in [1.54, 1.807) is 6.33 Å². The van der Waals surface area contributed by atoms with Crippen LogP contribution in [0.25, 0.3) is 11.0 Å². The van der Waals surface area contributed by atoms with E-state index < -0.39 is 0 Å². The number of nitrogens with zero attached hydrogens (tertiary/aromatic N) is 1. The predicted molar refractivity (Wildman–Crippen MR) is 74.0 cm³/mol. The molecule has 3 rings (SSSR count). The first-order chi connectivity index (χ1) is 9.22. The van der Waals surface area contributed by atoms with Crippen LogP contribution in [-0.2, 0) is 0 Å². The summed E-state index contributed by atoms with van der Waals surface area (Å²) in [5.41, 5.74) is 2.73. The smallest absolute Gasteiger partial charge is 0.251 e. The molecule has 0 unspecified atom stereocenters. The molecule has 1 fully saturated rings. The van der Waals surface area contributed by atoms with Gasteiger partial charge in [-0.15, -0.1) is 0 Å². The number of hydrogen-bond donors (Lipinski definition) is 3. The van der Waals surface area contributed by atoms with Crippen LogP contribution in [0.15, 0.2) is 24.5 Å². The molecule has 0 spiro atoms. The van der Waals surface area contributed by atoms with Gasteiger partial charge < -0.3 is 15.6 Å². The molecule has 0 bridgehead atoms. The predicted octanol–water partition coefficient (Wildman–Crippen LogP) is 1.29. The molecule has 2 aromatic rings. The minimum Gasteiger partial charge on any atom is -0.351 e. The maximum Gasteiger partial charge on any atom is 0.251 e. The summed E-state index contributed by atoms with van der Waals surface area (Å²) in [7, 11) is 1.95. The van der Waals surface area contributed by atoms with Crippen molar-refractivity contribution in [2.45, 2.75) is 12.8 Å². The number of carbonyl (C=O) groups is 1. The minimum absolute atomic E-state index is 0.0149. The van der Waals surface area contributed by atoms with Crippen LogP contribution in [-0.4, -0.2) is 36.0 Å². The Balaban J connectivity index is 1.66. The van der Waals surface area contributed by atoms with Gasteiger partial charge in [0.1, 0.15) is 0 Å². The number of aromatic amines is 1. The second kappa shape index (κ2) is 4.66. The number of fused-ring (bicyclic) bond motifs is 1. The number of hydrogen-bond acceptors (Lipinski definition) is 3. The summed E-state index contributed by atoms with van der Waals surface area (Å²) in [6.07, 6.45) is 4.01. The van der Waals surface area contributed by atoms with Crippen molar-refractivity contribution in [1.29, 1.82) is 0 Å². The molecule has 1 heterocycles. The van der Waals surface area contributed by atoms with Crippen molar-refractivity contribution in [1.82, 2.24) is 20.6 Å². The van der Waals surface area contributed by atoms with Gasteiger partial charge in [0.2, 0.25) is 0 Å². The number of rotatable bonds is 5. The molecule has 1 aromatic carbocycles. The number of nitrogens with one attached hydrogen (secondary N) is 3. The monoisotopic (exact) mass is 258 g/mol. The average Bonchev–Trinajstić information content (AvgIpc) is 3.02. The van der Waals surface area contributed by atoms with E-state index in [0.717, 1.165) is 24.1 Å². The Hall–Kier alpha value is -1.88. The summed E-state index contributed by atoms with van der Waals surface area (Å²) in [5.74, 6) is -0.0149. The number of carbonyl (C=O) groups excluding carboxylic acids is 1. The maximum absolute atomic E-state index is 12.1. The van der Waals surface area contributed by atoms with Crippen molar-refractivity contribution < 1.29 is 4.79 Å². The van der Waals surface area contributed by atoms with Gasteiger partial charge in [-0.3, -0.25) is 4.79 Å². The molecule has 0 saturated heterocycles. The molecule has 0 atom stereocenters. The van der Waals surface area contributed by atoms with Crippen molar-refractivity contribution in [3.8, 4) is 0 Å². The van der Waals surface area contributed by atoms with Gasteiger partial charge in [-0.25, -0.2) is 4.98 Å². The second-order valence-corrected chi connectivity index (χ2v) is 5.35. The highest BCUT2D eigenvalue weighted by atomic mass is 16.1. The summed E-state index contributed by atoms with van der Waals surface area (Å²) in [5, 5.41) is 6.22. The summed E-state index contributed by atoms with van der Waals surface area (Å²) in [6.45, 7) is 1.71. The Morgan fingerprint density at radius 3 is 3.00 bits per heavy atom. The normalized spacial score (nSPS) is 16.5. The summed E-state index contributed by atoms with van der Waals surface area (Å²) >= 11 is 0. The van der Waals surface area contributed by atoms with Crippen LogP contribution in [0.3, 0.4) is 0 Å². The zero-order valence-electron chi connectivity index (χ0n) is 11.0. The number of imidazole rings is 1. The van der Waals surface area contributed by atoms with Crippen molar-refractivity contribution >= 4 is 16.9 Å². The molecule has 5 nitrogen and oxygen atoms in total. The van der Waals surface area contributed by atoms with Gasteiger partial charge in [-0.1, -0.05) is 0 Å². The summed E-state index contributed by atoms with van der Waals surface area (Å²) < 4.78 is 0. The molecule has 1 saturated carbocycles. The van der Waals surface area contributed by atoms with Gasteiger partial charge in [0.25, 0.3) is 5.91 Å². The van der Waals surface area contributed by atoms with E-state index in [1.807, 2.05) is 25.2 Å². The number of H-pyrrole nitrogens is 1. The largest absolute Gasteiger partial charge is 0.351 e. The first-order valence-corrected chi connectivity index (χ1v) is 6.58. The molecule has 3 N–H and O–H groups in total. The number of aromatic nitrogens is 2. The Morgan fingerprint density at radius 1 is 1.42 bits per heavy atom. The van der Waals surface area contributed by atoms with Gasteiger partial charge in [0, 0.05) is 24.1 Å². The molecular formula is C14H18N4O. The van der Waals surface area contributed by atoms with Crippen LogP contribution in [0.1, 0.15) is 23.2 Å². The summed E-state index contributed by atoms with van der Waals surface area (Å²) in [4.78, 5) is 19.3. The standard InChI is InChI=1S/C14H18N4O/c1-15-7-14(4-5-14)8-16-13(19)10-2-3-11-12(6-10)18-9-17-11/h2-3,6,9,15H,4-5,7-8H2,1H3,(H,16,19)(H,17,18). The molecule has 5 heteroatoms. The molecule has 0 radical (unpaired) electrons. The lowest BCUT2D eigenvalue weighted by molar-refractivity contribution is 0.0945. The fourth-order valence-electron chi connectivity index (χ4n) is 2.41. The van der Waals surface area contributed by atoms with E-state index in [2.05, 4.69) is 20.6 Å². The van der Waals surface area contributed by atoms with Crippen LogP contribution in [0, 0.1) is 5.41 Å². The second-order valence-electron chi connectivity index (χ2n) is 5.35. The van der Waals surface area contributed by atoms with E-state index >= 15 is 0 Å². The molecular weight excluding hydrogens is 240 g/mol. The Kier molecular flexibility index (Phi) is 2.98. The SMILES string of the molecule is CNCC1(CNC(=O)c2ccc3nc[nH]c3c2)CC1. The van der Waals surface area contributed by atoms with Crippen LogP contribution in [0.2, 0.25) is 0 Å². The third kappa shape index (κ3) is 2.46. The van der Waals surface area contributed by atoms with E-state index in [4.69, 9.17) is 0 Å². The quantitative estimate of drug-likeness (QED) is 0.757. The highest BCUT2D eigenvalue weighted by Crippen LogP contribution is 2.44. The molecule has 0 aliphatic heterocycles. The maximum atomic E-state index is 12.1. The van der Waals surface area contributed by atoms with E-state index in [-0.39, 0.29) is 11.3 Å². The number of amides is 1. The highest BCUT2D eigenvalue weighted by molar-refractivity contribution is 5.97. The van der Waals surface area contributed by atoms with E-state index in [1.165, 1.54) is 12.8 Å². The third-order valence-corrected chi connectivity index (χ3v) is 3.82. The fourth-order valence-corrected chi connectivity index (χ4v) is 2.41. The fraction of sp³-hybridized carbons (Fsp3) is 0.429. The van der Waals surface area contributed by atoms with Gasteiger partial charge in [-0.2, -0.15) is 0 Å². The van der Waals surface area contributed by atoms with Gasteiger partial charge >= 0.3 is 0 Å². The highest BCUT2D eigenvalue weighted by Gasteiger charge is 2.41. The Bertz CT molecular complexity index is 600. The minimum atomic E-state index is -0.0149. The molecule has 1 aliphatic rings. The van der Waals surface area contributed by atoms with Gasteiger partial charge in [0.15, 0.2) is 0 Å². The van der Waals surface area contributed by atoms with Crippen molar-refractivity contribution in [2.24, 2.45) is 5.41 Å². The van der Waals surface area contributed by atoms with Gasteiger partial charge in [-0.05, 0) is 38.1 Å². The van der Waals surface area contributed by atoms with Crippen molar-refractivity contribution in [3.63, 3.8) is 0 Å². The first kappa shape index (κ1) is 12.2. The topological polar surface area (TPSA) is 69.8 Å². The molecule has 100 valence electrons. The van der Waals surface area contributed by atoms with Gasteiger partial charge in [0.05, 0.1) is 17.4 Å². The van der Waals surface area contributed by atoms with Crippen LogP contribution < -0.4 is 10.6 Å². The first-order valence-electron chi connectivity index (χ1n) is 6.58. The van der Waals surface area contributed by atoms with Crippen LogP contribution >= 0.6 is 0 Å². The zero-order chi connectivity index (χ0) is 13.3. The van der Waals surface area contributed by atoms with Crippen molar-refractivity contribution in [3.05, 3.63) is 30.1 Å². The Labute approximate surface area is 111 Å². The molecule has 19 heavy (non-hydrogen) atoms. The lowest BCUT2D eigenvalue weighted by Crippen LogP contribution is -2.34. The van der Waals surface area contributed by atoms with E-state index in [0.29, 0.717) is 5.56 Å². The lowest BCUT2D eigenvalue weighted by Gasteiger charge is -2.15. The van der Waals surface area contributed by atoms with Crippen LogP contribution in [0.4, 0.5) is 0 Å². The van der Waals surface area contributed by atoms with E-state index in [9.17, 15) is 4.79 Å². The summed E-state index contributed by atoms with van der Waals surface area (Å²) in [6, 6.07) is 5.52. The number of benzene rings is 1. The van der Waals surface area contributed by atoms with Crippen LogP contribution in [0.5, 0.6) is 0 Å². The zero-order valence-corrected chi connectivity index (χ0v) is 11.0. The van der Waals surface area contributed by atoms with Crippen molar-refractivity contribution in [2.75, 3.05) is 20.1 Å². The third-order valence-electron chi connectivity index (χ3n) is 3.82. The molecule has 1 aromatic heterocycles.